The average Bonchev–Trinajstić information content (AvgIpc) is 2.15. The second kappa shape index (κ2) is 5.25. The standard InChI is InChI=1S/C12H18BrN3/c1-9-6-16(7-10(2)15-9)8-11-3-12(13)5-14-4-11/h3-5,9-10,15H,6-8H2,1-2H3. The van der Waals surface area contributed by atoms with Gasteiger partial charge in [0.05, 0.1) is 0 Å². The van der Waals surface area contributed by atoms with E-state index in [9.17, 15) is 0 Å². The number of halogens is 1. The summed E-state index contributed by atoms with van der Waals surface area (Å²) in [4.78, 5) is 6.68. The van der Waals surface area contributed by atoms with Gasteiger partial charge < -0.3 is 5.32 Å². The van der Waals surface area contributed by atoms with Crippen LogP contribution in [0.15, 0.2) is 22.9 Å². The fourth-order valence-electron chi connectivity index (χ4n) is 2.37. The third-order valence-electron chi connectivity index (χ3n) is 2.80. The van der Waals surface area contributed by atoms with Crippen LogP contribution in [0.1, 0.15) is 19.4 Å². The molecule has 1 N–H and O–H groups in total. The third kappa shape index (κ3) is 3.27. The number of hydrogen-bond donors (Lipinski definition) is 1. The smallest absolute Gasteiger partial charge is 0.0410 e. The molecule has 0 spiro atoms. The fraction of sp³-hybridized carbons (Fsp3) is 0.583. The van der Waals surface area contributed by atoms with Crippen LogP contribution in [-0.2, 0) is 6.54 Å². The third-order valence-corrected chi connectivity index (χ3v) is 3.23. The zero-order chi connectivity index (χ0) is 11.5. The van der Waals surface area contributed by atoms with E-state index in [0.717, 1.165) is 24.1 Å². The molecule has 1 aromatic rings. The molecular formula is C12H18BrN3. The van der Waals surface area contributed by atoms with Crippen LogP contribution in [0.25, 0.3) is 0 Å². The number of nitrogens with one attached hydrogen (secondary N) is 1. The van der Waals surface area contributed by atoms with Gasteiger partial charge in [-0.2, -0.15) is 0 Å². The lowest BCUT2D eigenvalue weighted by Gasteiger charge is -2.36. The van der Waals surface area contributed by atoms with Gasteiger partial charge in [0.25, 0.3) is 0 Å². The van der Waals surface area contributed by atoms with Crippen LogP contribution < -0.4 is 5.32 Å². The summed E-state index contributed by atoms with van der Waals surface area (Å²) in [5.74, 6) is 0. The lowest BCUT2D eigenvalue weighted by Crippen LogP contribution is -2.53. The molecule has 4 heteroatoms. The van der Waals surface area contributed by atoms with E-state index >= 15 is 0 Å². The van der Waals surface area contributed by atoms with E-state index < -0.39 is 0 Å². The molecule has 0 radical (unpaired) electrons. The lowest BCUT2D eigenvalue weighted by molar-refractivity contribution is 0.166. The summed E-state index contributed by atoms with van der Waals surface area (Å²) < 4.78 is 1.06. The quantitative estimate of drug-likeness (QED) is 0.900. The molecule has 0 saturated carbocycles. The molecule has 0 bridgehead atoms. The van der Waals surface area contributed by atoms with Crippen molar-refractivity contribution in [2.45, 2.75) is 32.5 Å². The van der Waals surface area contributed by atoms with Crippen LogP contribution >= 0.6 is 15.9 Å². The number of aromatic nitrogens is 1. The van der Waals surface area contributed by atoms with Gasteiger partial charge in [-0.1, -0.05) is 0 Å². The molecule has 3 nitrogen and oxygen atoms in total. The number of piperazine rings is 1. The Morgan fingerprint density at radius 2 is 2.06 bits per heavy atom. The SMILES string of the molecule is CC1CN(Cc2cncc(Br)c2)CC(C)N1. The maximum atomic E-state index is 4.20. The van der Waals surface area contributed by atoms with Crippen molar-refractivity contribution in [3.05, 3.63) is 28.5 Å². The maximum absolute atomic E-state index is 4.20. The van der Waals surface area contributed by atoms with Crippen LogP contribution in [0, 0.1) is 0 Å². The van der Waals surface area contributed by atoms with Gasteiger partial charge in [0, 0.05) is 48.6 Å². The van der Waals surface area contributed by atoms with E-state index in [0.29, 0.717) is 12.1 Å². The Kier molecular flexibility index (Phi) is 3.95. The van der Waals surface area contributed by atoms with E-state index in [1.807, 2.05) is 12.4 Å². The van der Waals surface area contributed by atoms with E-state index in [4.69, 9.17) is 0 Å². The zero-order valence-corrected chi connectivity index (χ0v) is 11.4. The van der Waals surface area contributed by atoms with Gasteiger partial charge in [0.1, 0.15) is 0 Å². The maximum Gasteiger partial charge on any atom is 0.0410 e. The molecule has 1 aliphatic heterocycles. The van der Waals surface area contributed by atoms with Gasteiger partial charge in [-0.05, 0) is 41.4 Å². The van der Waals surface area contributed by atoms with Crippen LogP contribution in [0.3, 0.4) is 0 Å². The molecule has 2 rings (SSSR count). The first-order valence-electron chi connectivity index (χ1n) is 5.71. The van der Waals surface area contributed by atoms with Crippen LogP contribution in [0.2, 0.25) is 0 Å². The summed E-state index contributed by atoms with van der Waals surface area (Å²) in [6.45, 7) is 7.68. The molecule has 0 aromatic carbocycles. The summed E-state index contributed by atoms with van der Waals surface area (Å²) in [6, 6.07) is 3.29. The van der Waals surface area contributed by atoms with Crippen molar-refractivity contribution in [3.63, 3.8) is 0 Å². The Morgan fingerprint density at radius 3 is 2.69 bits per heavy atom. The van der Waals surface area contributed by atoms with Gasteiger partial charge in [0.2, 0.25) is 0 Å². The van der Waals surface area contributed by atoms with Gasteiger partial charge >= 0.3 is 0 Å². The van der Waals surface area contributed by atoms with Gasteiger partial charge in [-0.25, -0.2) is 0 Å². The minimum atomic E-state index is 0.573. The Balaban J connectivity index is 1.98. The second-order valence-electron chi connectivity index (χ2n) is 4.67. The van der Waals surface area contributed by atoms with E-state index in [1.54, 1.807) is 0 Å². The first-order valence-corrected chi connectivity index (χ1v) is 6.50. The number of hydrogen-bond acceptors (Lipinski definition) is 3. The summed E-state index contributed by atoms with van der Waals surface area (Å²) >= 11 is 3.46. The fourth-order valence-corrected chi connectivity index (χ4v) is 2.78. The van der Waals surface area contributed by atoms with E-state index in [-0.39, 0.29) is 0 Å². The highest BCUT2D eigenvalue weighted by molar-refractivity contribution is 9.10. The first kappa shape index (κ1) is 12.0. The number of rotatable bonds is 2. The number of pyridine rings is 1. The summed E-state index contributed by atoms with van der Waals surface area (Å²) in [5, 5.41) is 3.54. The molecule has 2 unspecified atom stereocenters. The molecule has 88 valence electrons. The Hall–Kier alpha value is -0.450. The van der Waals surface area contributed by atoms with Crippen LogP contribution in [0.5, 0.6) is 0 Å². The largest absolute Gasteiger partial charge is 0.309 e. The van der Waals surface area contributed by atoms with Crippen molar-refractivity contribution in [1.82, 2.24) is 15.2 Å². The Bertz CT molecular complexity index is 346. The molecule has 1 saturated heterocycles. The predicted octanol–water partition coefficient (Wildman–Crippen LogP) is 2.03. The lowest BCUT2D eigenvalue weighted by atomic mass is 10.1. The molecule has 0 amide bonds. The van der Waals surface area contributed by atoms with Crippen molar-refractivity contribution in [3.8, 4) is 0 Å². The molecule has 1 fully saturated rings. The topological polar surface area (TPSA) is 28.2 Å². The van der Waals surface area contributed by atoms with Crippen LogP contribution in [-0.4, -0.2) is 35.1 Å². The van der Waals surface area contributed by atoms with Crippen molar-refractivity contribution in [2.24, 2.45) is 0 Å². The Morgan fingerprint density at radius 1 is 1.38 bits per heavy atom. The minimum Gasteiger partial charge on any atom is -0.309 e. The van der Waals surface area contributed by atoms with Crippen molar-refractivity contribution >= 4 is 15.9 Å². The second-order valence-corrected chi connectivity index (χ2v) is 5.59. The molecule has 2 atom stereocenters. The van der Waals surface area contributed by atoms with E-state index in [1.165, 1.54) is 5.56 Å². The minimum absolute atomic E-state index is 0.573. The molecule has 2 heterocycles. The summed E-state index contributed by atoms with van der Waals surface area (Å²) in [6.07, 6.45) is 3.77. The van der Waals surface area contributed by atoms with Gasteiger partial charge in [0.15, 0.2) is 0 Å². The average molecular weight is 284 g/mol. The molecule has 16 heavy (non-hydrogen) atoms. The monoisotopic (exact) mass is 283 g/mol. The highest BCUT2D eigenvalue weighted by atomic mass is 79.9. The van der Waals surface area contributed by atoms with Crippen molar-refractivity contribution < 1.29 is 0 Å². The highest BCUT2D eigenvalue weighted by Gasteiger charge is 2.20. The molecule has 1 aliphatic rings. The van der Waals surface area contributed by atoms with Crippen molar-refractivity contribution in [1.29, 1.82) is 0 Å². The van der Waals surface area contributed by atoms with Crippen LogP contribution in [0.4, 0.5) is 0 Å². The summed E-state index contributed by atoms with van der Waals surface area (Å²) in [5.41, 5.74) is 1.27. The molecule has 0 aliphatic carbocycles. The normalized spacial score (nSPS) is 26.9. The predicted molar refractivity (Wildman–Crippen MR) is 69.3 cm³/mol. The van der Waals surface area contributed by atoms with E-state index in [2.05, 4.69) is 51.0 Å². The molecular weight excluding hydrogens is 266 g/mol. The Labute approximate surface area is 105 Å². The van der Waals surface area contributed by atoms with Gasteiger partial charge in [-0.3, -0.25) is 9.88 Å². The highest BCUT2D eigenvalue weighted by Crippen LogP contribution is 2.13. The zero-order valence-electron chi connectivity index (χ0n) is 9.78. The molecule has 1 aromatic heterocycles. The summed E-state index contributed by atoms with van der Waals surface area (Å²) in [7, 11) is 0. The van der Waals surface area contributed by atoms with Gasteiger partial charge in [-0.15, -0.1) is 0 Å². The number of nitrogens with zero attached hydrogens (tertiary/aromatic N) is 2. The first-order chi connectivity index (χ1) is 7.63. The van der Waals surface area contributed by atoms with Crippen molar-refractivity contribution in [2.75, 3.05) is 13.1 Å².